The lowest BCUT2D eigenvalue weighted by molar-refractivity contribution is -0.119. The highest BCUT2D eigenvalue weighted by atomic mass is 19.1. The third kappa shape index (κ3) is 4.46. The van der Waals surface area contributed by atoms with Crippen LogP contribution in [0.1, 0.15) is 75.0 Å². The van der Waals surface area contributed by atoms with Crippen LogP contribution < -0.4 is 5.32 Å². The monoisotopic (exact) mass is 514 g/mol. The lowest BCUT2D eigenvalue weighted by atomic mass is 9.84. The van der Waals surface area contributed by atoms with Gasteiger partial charge in [-0.25, -0.2) is 24.0 Å². The fourth-order valence-corrected chi connectivity index (χ4v) is 5.05. The van der Waals surface area contributed by atoms with E-state index >= 15 is 0 Å². The first kappa shape index (κ1) is 25.6. The van der Waals surface area contributed by atoms with Crippen molar-refractivity contribution in [3.63, 3.8) is 0 Å². The topological polar surface area (TPSA) is 103 Å². The number of halogens is 1. The maximum Gasteiger partial charge on any atom is 0.235 e. The molecule has 1 amide bonds. The number of carbonyl (C=O) groups excluding carboxylic acids is 2. The molecule has 0 radical (unpaired) electrons. The Balaban J connectivity index is 1.63. The number of pyridine rings is 1. The van der Waals surface area contributed by atoms with Gasteiger partial charge in [-0.15, -0.1) is 0 Å². The summed E-state index contributed by atoms with van der Waals surface area (Å²) in [5.74, 6) is 0.316. The number of amides is 1. The van der Waals surface area contributed by atoms with E-state index in [2.05, 4.69) is 29.1 Å². The van der Waals surface area contributed by atoms with E-state index in [1.54, 1.807) is 49.0 Å². The Labute approximate surface area is 220 Å². The van der Waals surface area contributed by atoms with Crippen LogP contribution in [0.2, 0.25) is 0 Å². The summed E-state index contributed by atoms with van der Waals surface area (Å²) in [4.78, 5) is 40.2. The van der Waals surface area contributed by atoms with Crippen LogP contribution in [0.15, 0.2) is 42.6 Å². The summed E-state index contributed by atoms with van der Waals surface area (Å²) in [5, 5.41) is 8.23. The number of nitrogens with zero attached hydrogens (tertiary/aromatic N) is 5. The van der Waals surface area contributed by atoms with Gasteiger partial charge < -0.3 is 5.32 Å². The first-order chi connectivity index (χ1) is 18.2. The molecule has 0 bridgehead atoms. The second-order valence-corrected chi connectivity index (χ2v) is 10.3. The van der Waals surface area contributed by atoms with Crippen molar-refractivity contribution in [2.45, 2.75) is 65.3 Å². The molecule has 3 aromatic heterocycles. The van der Waals surface area contributed by atoms with Crippen LogP contribution in [0.25, 0.3) is 22.6 Å². The molecule has 196 valence electrons. The molecule has 0 saturated carbocycles. The van der Waals surface area contributed by atoms with E-state index in [-0.39, 0.29) is 35.6 Å². The fourth-order valence-electron chi connectivity index (χ4n) is 5.05. The summed E-state index contributed by atoms with van der Waals surface area (Å²) < 4.78 is 16.0. The highest BCUT2D eigenvalue weighted by Crippen LogP contribution is 2.40. The highest BCUT2D eigenvalue weighted by Gasteiger charge is 2.44. The number of anilines is 1. The summed E-state index contributed by atoms with van der Waals surface area (Å²) >= 11 is 0. The van der Waals surface area contributed by atoms with E-state index in [1.807, 2.05) is 6.07 Å². The third-order valence-electron chi connectivity index (χ3n) is 7.53. The zero-order valence-electron chi connectivity index (χ0n) is 22.1. The molecule has 0 fully saturated rings. The van der Waals surface area contributed by atoms with Crippen molar-refractivity contribution in [3.8, 4) is 11.5 Å². The summed E-state index contributed by atoms with van der Waals surface area (Å²) in [7, 11) is 0. The molecule has 0 atom stereocenters. The minimum Gasteiger partial charge on any atom is -0.310 e. The highest BCUT2D eigenvalue weighted by molar-refractivity contribution is 6.09. The van der Waals surface area contributed by atoms with Gasteiger partial charge >= 0.3 is 0 Å². The van der Waals surface area contributed by atoms with Crippen molar-refractivity contribution in [2.75, 3.05) is 5.32 Å². The van der Waals surface area contributed by atoms with Gasteiger partial charge in [-0.1, -0.05) is 44.9 Å². The minimum atomic E-state index is -0.943. The molecule has 1 aromatic carbocycles. The normalized spacial score (nSPS) is 14.2. The van der Waals surface area contributed by atoms with Crippen molar-refractivity contribution in [1.82, 2.24) is 24.7 Å². The van der Waals surface area contributed by atoms with Crippen LogP contribution in [0.5, 0.6) is 0 Å². The lowest BCUT2D eigenvalue weighted by Gasteiger charge is -2.18. The van der Waals surface area contributed by atoms with Crippen LogP contribution in [0.3, 0.4) is 0 Å². The molecular formula is C29H31FN6O2. The van der Waals surface area contributed by atoms with Crippen molar-refractivity contribution in [1.29, 1.82) is 0 Å². The average molecular weight is 515 g/mol. The Morgan fingerprint density at radius 3 is 2.61 bits per heavy atom. The molecule has 5 rings (SSSR count). The number of hydrogen-bond acceptors (Lipinski definition) is 6. The number of ketones is 1. The van der Waals surface area contributed by atoms with Gasteiger partial charge in [-0.2, -0.15) is 5.10 Å². The Morgan fingerprint density at radius 1 is 1.11 bits per heavy atom. The minimum absolute atomic E-state index is 0.116. The zero-order chi connectivity index (χ0) is 27.0. The molecular weight excluding hydrogens is 483 g/mol. The van der Waals surface area contributed by atoms with Crippen LogP contribution in [-0.2, 0) is 16.8 Å². The maximum absolute atomic E-state index is 14.4. The van der Waals surface area contributed by atoms with Crippen LogP contribution in [0.4, 0.5) is 10.2 Å². The average Bonchev–Trinajstić information content (AvgIpc) is 3.39. The van der Waals surface area contributed by atoms with E-state index in [9.17, 15) is 14.0 Å². The summed E-state index contributed by atoms with van der Waals surface area (Å²) in [6, 6.07) is 10.1. The van der Waals surface area contributed by atoms with Gasteiger partial charge in [0.15, 0.2) is 17.3 Å². The Kier molecular flexibility index (Phi) is 6.77. The van der Waals surface area contributed by atoms with Gasteiger partial charge in [0.05, 0.1) is 17.3 Å². The van der Waals surface area contributed by atoms with Gasteiger partial charge in [0.1, 0.15) is 23.0 Å². The number of benzene rings is 1. The standard InChI is InChI=1S/C29H31FN6O2/c1-5-17(6-2)13-14-21(37)24-22-25(34-28(38)29(22,3)4)33-26(32-24)23-19-11-9-15-31-27(19)36(35-23)16-18-10-7-8-12-20(18)30/h7-12,15,17H,5-6,13-14,16H2,1-4H3,(H,32,33,34,38). The molecule has 4 aromatic rings. The summed E-state index contributed by atoms with van der Waals surface area (Å²) in [5.41, 5.74) is 1.26. The number of carbonyl (C=O) groups is 2. The number of fused-ring (bicyclic) bond motifs is 2. The van der Waals surface area contributed by atoms with E-state index in [1.165, 1.54) is 6.07 Å². The first-order valence-corrected chi connectivity index (χ1v) is 13.1. The smallest absolute Gasteiger partial charge is 0.235 e. The second kappa shape index (κ2) is 10.0. The van der Waals surface area contributed by atoms with Crippen molar-refractivity contribution in [2.24, 2.45) is 5.92 Å². The molecule has 1 N–H and O–H groups in total. The summed E-state index contributed by atoms with van der Waals surface area (Å²) in [6.45, 7) is 7.97. The lowest BCUT2D eigenvalue weighted by Crippen LogP contribution is -2.28. The number of nitrogens with one attached hydrogen (secondary N) is 1. The number of aromatic nitrogens is 5. The molecule has 0 saturated heterocycles. The van der Waals surface area contributed by atoms with Gasteiger partial charge in [-0.3, -0.25) is 9.59 Å². The number of hydrogen-bond donors (Lipinski definition) is 1. The van der Waals surface area contributed by atoms with Gasteiger partial charge in [0.2, 0.25) is 5.91 Å². The first-order valence-electron chi connectivity index (χ1n) is 13.1. The van der Waals surface area contributed by atoms with Gasteiger partial charge in [0.25, 0.3) is 0 Å². The quantitative estimate of drug-likeness (QED) is 0.287. The van der Waals surface area contributed by atoms with Crippen molar-refractivity contribution in [3.05, 3.63) is 65.2 Å². The molecule has 0 unspecified atom stereocenters. The molecule has 38 heavy (non-hydrogen) atoms. The number of Topliss-reactive ketones (excluding diaryl/α,β-unsaturated/α-hetero) is 1. The van der Waals surface area contributed by atoms with Crippen LogP contribution >= 0.6 is 0 Å². The van der Waals surface area contributed by atoms with Crippen molar-refractivity contribution < 1.29 is 14.0 Å². The second-order valence-electron chi connectivity index (χ2n) is 10.3. The Hall–Kier alpha value is -4.01. The van der Waals surface area contributed by atoms with E-state index in [0.717, 1.165) is 19.3 Å². The number of rotatable bonds is 9. The SMILES string of the molecule is CCC(CC)CCC(=O)c1nc(-c2nn(Cc3ccccc3F)c3ncccc23)nc2c1C(C)(C)C(=O)N2. The largest absolute Gasteiger partial charge is 0.310 e. The molecule has 8 nitrogen and oxygen atoms in total. The predicted octanol–water partition coefficient (Wildman–Crippen LogP) is 5.70. The molecule has 4 heterocycles. The molecule has 1 aliphatic rings. The molecule has 1 aliphatic heterocycles. The van der Waals surface area contributed by atoms with E-state index in [4.69, 9.17) is 10.1 Å². The predicted molar refractivity (Wildman–Crippen MR) is 143 cm³/mol. The van der Waals surface area contributed by atoms with Crippen molar-refractivity contribution >= 4 is 28.5 Å². The Bertz CT molecular complexity index is 1540. The van der Waals surface area contributed by atoms with Gasteiger partial charge in [0, 0.05) is 23.7 Å². The summed E-state index contributed by atoms with van der Waals surface area (Å²) in [6.07, 6.45) is 4.74. The van der Waals surface area contributed by atoms with E-state index in [0.29, 0.717) is 46.0 Å². The fraction of sp³-hybridized carbons (Fsp3) is 0.379. The van der Waals surface area contributed by atoms with Crippen LogP contribution in [-0.4, -0.2) is 36.4 Å². The molecule has 0 aliphatic carbocycles. The van der Waals surface area contributed by atoms with Gasteiger partial charge in [-0.05, 0) is 44.4 Å². The van der Waals surface area contributed by atoms with Crippen LogP contribution in [0, 0.1) is 11.7 Å². The molecule has 9 heteroatoms. The van der Waals surface area contributed by atoms with E-state index < -0.39 is 5.41 Å². The Morgan fingerprint density at radius 2 is 1.87 bits per heavy atom. The molecule has 0 spiro atoms. The third-order valence-corrected chi connectivity index (χ3v) is 7.53. The zero-order valence-corrected chi connectivity index (χ0v) is 22.1. The maximum atomic E-state index is 14.4.